The van der Waals surface area contributed by atoms with Crippen molar-refractivity contribution in [2.24, 2.45) is 5.92 Å². The lowest BCUT2D eigenvalue weighted by molar-refractivity contribution is -0.116. The van der Waals surface area contributed by atoms with Crippen molar-refractivity contribution in [2.45, 2.75) is 19.8 Å². The fourth-order valence-electron chi connectivity index (χ4n) is 2.32. The van der Waals surface area contributed by atoms with E-state index in [1.54, 1.807) is 37.5 Å². The van der Waals surface area contributed by atoms with E-state index < -0.39 is 0 Å². The van der Waals surface area contributed by atoms with Crippen LogP contribution in [0.2, 0.25) is 0 Å². The van der Waals surface area contributed by atoms with Crippen molar-refractivity contribution in [1.29, 1.82) is 0 Å². The van der Waals surface area contributed by atoms with Crippen LogP contribution in [-0.2, 0) is 4.79 Å². The zero-order valence-electron chi connectivity index (χ0n) is 12.3. The molecule has 0 radical (unpaired) electrons. The third-order valence-electron chi connectivity index (χ3n) is 3.64. The second kappa shape index (κ2) is 5.95. The molecule has 1 aromatic carbocycles. The maximum Gasteiger partial charge on any atom is 0.228 e. The molecule has 0 aliphatic heterocycles. The number of hydrogen-bond acceptors (Lipinski definition) is 3. The van der Waals surface area contributed by atoms with Gasteiger partial charge in [0.05, 0.1) is 0 Å². The van der Waals surface area contributed by atoms with Crippen molar-refractivity contribution in [2.75, 3.05) is 0 Å². The molecule has 0 spiro atoms. The average molecular weight is 289 g/mol. The zero-order valence-corrected chi connectivity index (χ0v) is 12.3. The Morgan fingerprint density at radius 1 is 1.14 bits per heavy atom. The molecular weight excluding hydrogens is 274 g/mol. The highest BCUT2D eigenvalue weighted by Crippen LogP contribution is 2.31. The van der Waals surface area contributed by atoms with Crippen molar-refractivity contribution in [3.8, 4) is 23.0 Å². The van der Waals surface area contributed by atoms with Gasteiger partial charge in [-0.3, -0.25) is 14.6 Å². The highest BCUT2D eigenvalue weighted by molar-refractivity contribution is 6.44. The first-order chi connectivity index (χ1) is 10.7. The van der Waals surface area contributed by atoms with Gasteiger partial charge in [-0.05, 0) is 37.5 Å². The monoisotopic (exact) mass is 289 g/mol. The number of Topliss-reactive ketones (excluding diaryl/α,β-unsaturated/α-hetero) is 2. The summed E-state index contributed by atoms with van der Waals surface area (Å²) >= 11 is 0. The van der Waals surface area contributed by atoms with Gasteiger partial charge in [0, 0.05) is 35.0 Å². The molecule has 1 aromatic heterocycles. The summed E-state index contributed by atoms with van der Waals surface area (Å²) in [6.45, 7) is 1.77. The Balaban J connectivity index is 1.93. The van der Waals surface area contributed by atoms with Gasteiger partial charge in [0.15, 0.2) is 0 Å². The van der Waals surface area contributed by atoms with Gasteiger partial charge in [-0.15, -0.1) is 5.92 Å². The lowest BCUT2D eigenvalue weighted by atomic mass is 9.99. The minimum atomic E-state index is -0.387. The smallest absolute Gasteiger partial charge is 0.228 e. The predicted octanol–water partition coefficient (Wildman–Crippen LogP) is 3.28. The Morgan fingerprint density at radius 2 is 1.95 bits per heavy atom. The number of benzene rings is 1. The van der Waals surface area contributed by atoms with Crippen LogP contribution in [0.4, 0.5) is 0 Å². The van der Waals surface area contributed by atoms with Crippen LogP contribution in [-0.4, -0.2) is 16.6 Å². The minimum absolute atomic E-state index is 0.0546. The minimum Gasteiger partial charge on any atom is -0.290 e. The van der Waals surface area contributed by atoms with E-state index in [1.165, 1.54) is 0 Å². The number of ketones is 2. The van der Waals surface area contributed by atoms with Gasteiger partial charge in [0.1, 0.15) is 0 Å². The molecule has 3 rings (SSSR count). The highest BCUT2D eigenvalue weighted by Gasteiger charge is 2.34. The van der Waals surface area contributed by atoms with Crippen LogP contribution in [0.3, 0.4) is 0 Å². The topological polar surface area (TPSA) is 47.0 Å². The van der Waals surface area contributed by atoms with Crippen LogP contribution in [0.15, 0.2) is 42.7 Å². The molecule has 0 amide bonds. The quantitative estimate of drug-likeness (QED) is 0.493. The summed E-state index contributed by atoms with van der Waals surface area (Å²) < 4.78 is 0. The maximum absolute atomic E-state index is 12.2. The van der Waals surface area contributed by atoms with E-state index in [9.17, 15) is 9.59 Å². The van der Waals surface area contributed by atoms with Crippen LogP contribution in [0.1, 0.15) is 35.7 Å². The molecule has 0 N–H and O–H groups in total. The summed E-state index contributed by atoms with van der Waals surface area (Å²) in [5.74, 6) is 5.10. The Bertz CT molecular complexity index is 807. The van der Waals surface area contributed by atoms with Crippen molar-refractivity contribution < 1.29 is 9.59 Å². The third-order valence-corrected chi connectivity index (χ3v) is 3.64. The molecule has 108 valence electrons. The summed E-state index contributed by atoms with van der Waals surface area (Å²) in [5.41, 5.74) is 3.02. The first-order valence-corrected chi connectivity index (χ1v) is 7.26. The molecule has 1 fully saturated rings. The number of rotatable bonds is 4. The summed E-state index contributed by atoms with van der Waals surface area (Å²) in [5, 5.41) is 0. The summed E-state index contributed by atoms with van der Waals surface area (Å²) in [4.78, 5) is 28.3. The van der Waals surface area contributed by atoms with E-state index >= 15 is 0 Å². The summed E-state index contributed by atoms with van der Waals surface area (Å²) in [7, 11) is 0. The largest absolute Gasteiger partial charge is 0.290 e. The van der Waals surface area contributed by atoms with Gasteiger partial charge in [-0.2, -0.15) is 0 Å². The first-order valence-electron chi connectivity index (χ1n) is 7.26. The molecule has 0 bridgehead atoms. The van der Waals surface area contributed by atoms with E-state index in [0.29, 0.717) is 5.56 Å². The van der Waals surface area contributed by atoms with Gasteiger partial charge >= 0.3 is 0 Å². The molecular formula is C19H15NO2. The van der Waals surface area contributed by atoms with Crippen LogP contribution in [0, 0.1) is 17.8 Å². The van der Waals surface area contributed by atoms with Gasteiger partial charge in [-0.25, -0.2) is 0 Å². The Kier molecular flexibility index (Phi) is 3.84. The molecule has 0 atom stereocenters. The number of nitrogens with zero attached hydrogens (tertiary/aromatic N) is 1. The van der Waals surface area contributed by atoms with E-state index in [0.717, 1.165) is 29.5 Å². The zero-order chi connectivity index (χ0) is 15.5. The number of carbonyl (C=O) groups is 2. The second-order valence-electron chi connectivity index (χ2n) is 5.39. The average Bonchev–Trinajstić information content (AvgIpc) is 3.39. The van der Waals surface area contributed by atoms with Gasteiger partial charge in [-0.1, -0.05) is 24.1 Å². The van der Waals surface area contributed by atoms with Crippen molar-refractivity contribution >= 4 is 11.6 Å². The standard InChI is InChI=1S/C19H15NO2/c1-2-4-13-9-17(12-20-11-13)15-5-3-6-16(10-15)19(22)18(21)14-7-8-14/h3,5-6,9-12,14H,7-8H2,1H3. The Hall–Kier alpha value is -2.73. The van der Waals surface area contributed by atoms with Gasteiger partial charge in [0.2, 0.25) is 11.6 Å². The van der Waals surface area contributed by atoms with Gasteiger partial charge < -0.3 is 0 Å². The van der Waals surface area contributed by atoms with Gasteiger partial charge in [0.25, 0.3) is 0 Å². The van der Waals surface area contributed by atoms with Crippen LogP contribution in [0.25, 0.3) is 11.1 Å². The molecule has 3 heteroatoms. The lowest BCUT2D eigenvalue weighted by Crippen LogP contribution is -2.15. The van der Waals surface area contributed by atoms with Crippen molar-refractivity contribution in [3.05, 3.63) is 53.9 Å². The first kappa shape index (κ1) is 14.2. The Morgan fingerprint density at radius 3 is 2.68 bits per heavy atom. The number of aromatic nitrogens is 1. The van der Waals surface area contributed by atoms with Crippen LogP contribution >= 0.6 is 0 Å². The molecule has 1 aliphatic carbocycles. The van der Waals surface area contributed by atoms with E-state index in [4.69, 9.17) is 0 Å². The number of carbonyl (C=O) groups excluding carboxylic acids is 2. The molecule has 0 saturated heterocycles. The lowest BCUT2D eigenvalue weighted by Gasteiger charge is -2.05. The van der Waals surface area contributed by atoms with Crippen molar-refractivity contribution in [1.82, 2.24) is 4.98 Å². The normalized spacial score (nSPS) is 13.1. The molecule has 22 heavy (non-hydrogen) atoms. The fourth-order valence-corrected chi connectivity index (χ4v) is 2.32. The van der Waals surface area contributed by atoms with Crippen LogP contribution in [0.5, 0.6) is 0 Å². The van der Waals surface area contributed by atoms with E-state index in [2.05, 4.69) is 16.8 Å². The Labute approximate surface area is 129 Å². The number of pyridine rings is 1. The maximum atomic E-state index is 12.2. The summed E-state index contributed by atoms with van der Waals surface area (Å²) in [6, 6.07) is 9.06. The highest BCUT2D eigenvalue weighted by atomic mass is 16.2. The second-order valence-corrected chi connectivity index (χ2v) is 5.39. The third kappa shape index (κ3) is 2.96. The molecule has 2 aromatic rings. The molecule has 0 unspecified atom stereocenters. The summed E-state index contributed by atoms with van der Waals surface area (Å²) in [6.07, 6.45) is 5.11. The van der Waals surface area contributed by atoms with Crippen LogP contribution < -0.4 is 0 Å². The molecule has 1 aliphatic rings. The molecule has 3 nitrogen and oxygen atoms in total. The SMILES string of the molecule is CC#Cc1cncc(-c2cccc(C(=O)C(=O)C3CC3)c2)c1. The van der Waals surface area contributed by atoms with E-state index in [1.807, 2.05) is 12.1 Å². The van der Waals surface area contributed by atoms with Crippen molar-refractivity contribution in [3.63, 3.8) is 0 Å². The van der Waals surface area contributed by atoms with E-state index in [-0.39, 0.29) is 17.5 Å². The number of hydrogen-bond donors (Lipinski definition) is 0. The fraction of sp³-hybridized carbons (Fsp3) is 0.211. The molecule has 1 heterocycles. The predicted molar refractivity (Wildman–Crippen MR) is 84.3 cm³/mol. The molecule has 1 saturated carbocycles.